The maximum Gasteiger partial charge on any atom is 0.260 e. The van der Waals surface area contributed by atoms with Crippen molar-refractivity contribution in [2.24, 2.45) is 0 Å². The van der Waals surface area contributed by atoms with Crippen molar-refractivity contribution in [2.45, 2.75) is 17.8 Å². The lowest BCUT2D eigenvalue weighted by Crippen LogP contribution is -2.15. The van der Waals surface area contributed by atoms with E-state index >= 15 is 0 Å². The molecule has 1 aromatic carbocycles. The molecule has 4 aromatic heterocycles. The molecule has 6 nitrogen and oxygen atoms in total. The molecule has 0 unspecified atom stereocenters. The molecule has 0 bridgehead atoms. The molecule has 0 aliphatic carbocycles. The number of rotatable bonds is 4. The minimum Gasteiger partial charge on any atom is -0.301 e. The van der Waals surface area contributed by atoms with Crippen LogP contribution in [0.4, 0.5) is 0 Å². The van der Waals surface area contributed by atoms with E-state index in [0.29, 0.717) is 32.5 Å². The standard InChI is InChI=1S/C22H16N4O2S2/c1-13-7-8-17-23-15(9-18(27)26(17)10-13)11-30-22-24-20(28)19-16(12-29-21(19)25-22)14-5-3-2-4-6-14/h2-10,12H,11H2,1H3,(H,24,25,28). The fourth-order valence-corrected chi connectivity index (χ4v) is 5.06. The Labute approximate surface area is 179 Å². The Kier molecular flexibility index (Phi) is 4.72. The van der Waals surface area contributed by atoms with E-state index in [1.807, 2.05) is 54.8 Å². The number of H-pyrrole nitrogens is 1. The highest BCUT2D eigenvalue weighted by atomic mass is 32.2. The van der Waals surface area contributed by atoms with Crippen LogP contribution in [-0.4, -0.2) is 19.4 Å². The van der Waals surface area contributed by atoms with Gasteiger partial charge in [-0.05, 0) is 24.1 Å². The normalized spacial score (nSPS) is 11.4. The maximum absolute atomic E-state index is 12.8. The van der Waals surface area contributed by atoms with Gasteiger partial charge in [-0.2, -0.15) is 0 Å². The highest BCUT2D eigenvalue weighted by Crippen LogP contribution is 2.31. The molecule has 1 N–H and O–H groups in total. The summed E-state index contributed by atoms with van der Waals surface area (Å²) in [6.45, 7) is 1.93. The van der Waals surface area contributed by atoms with E-state index in [9.17, 15) is 9.59 Å². The lowest BCUT2D eigenvalue weighted by atomic mass is 10.1. The van der Waals surface area contributed by atoms with Crippen molar-refractivity contribution in [1.29, 1.82) is 0 Å². The van der Waals surface area contributed by atoms with Crippen LogP contribution in [0.15, 0.2) is 74.9 Å². The highest BCUT2D eigenvalue weighted by molar-refractivity contribution is 7.98. The van der Waals surface area contributed by atoms with Gasteiger partial charge in [-0.1, -0.05) is 48.2 Å². The molecule has 0 saturated carbocycles. The number of hydrogen-bond acceptors (Lipinski definition) is 6. The van der Waals surface area contributed by atoms with E-state index in [0.717, 1.165) is 16.7 Å². The van der Waals surface area contributed by atoms with Crippen molar-refractivity contribution < 1.29 is 0 Å². The van der Waals surface area contributed by atoms with Gasteiger partial charge in [0.05, 0.1) is 11.1 Å². The number of nitrogens with one attached hydrogen (secondary N) is 1. The van der Waals surface area contributed by atoms with Crippen molar-refractivity contribution in [3.05, 3.63) is 92.1 Å². The summed E-state index contributed by atoms with van der Waals surface area (Å²) in [6.07, 6.45) is 1.77. The smallest absolute Gasteiger partial charge is 0.260 e. The number of aromatic nitrogens is 4. The maximum atomic E-state index is 12.8. The molecule has 0 saturated heterocycles. The van der Waals surface area contributed by atoms with Gasteiger partial charge in [0.15, 0.2) is 5.16 Å². The summed E-state index contributed by atoms with van der Waals surface area (Å²) in [7, 11) is 0. The molecule has 148 valence electrons. The molecule has 5 aromatic rings. The predicted octanol–water partition coefficient (Wildman–Crippen LogP) is 4.26. The van der Waals surface area contributed by atoms with E-state index in [1.165, 1.54) is 33.6 Å². The van der Waals surface area contributed by atoms with E-state index in [1.54, 1.807) is 6.20 Å². The van der Waals surface area contributed by atoms with Crippen LogP contribution in [0.3, 0.4) is 0 Å². The lowest BCUT2D eigenvalue weighted by Gasteiger charge is -2.05. The quantitative estimate of drug-likeness (QED) is 0.339. The summed E-state index contributed by atoms with van der Waals surface area (Å²) in [6, 6.07) is 15.1. The fraction of sp³-hybridized carbons (Fsp3) is 0.0909. The number of thiophene rings is 1. The minimum absolute atomic E-state index is 0.123. The molecule has 0 aliphatic rings. The largest absolute Gasteiger partial charge is 0.301 e. The first kappa shape index (κ1) is 18.8. The van der Waals surface area contributed by atoms with Crippen LogP contribution in [0.25, 0.3) is 27.0 Å². The molecular weight excluding hydrogens is 416 g/mol. The lowest BCUT2D eigenvalue weighted by molar-refractivity contribution is 0.971. The Morgan fingerprint density at radius 3 is 2.77 bits per heavy atom. The van der Waals surface area contributed by atoms with Gasteiger partial charge in [-0.3, -0.25) is 14.0 Å². The van der Waals surface area contributed by atoms with Crippen molar-refractivity contribution in [3.8, 4) is 11.1 Å². The molecule has 0 radical (unpaired) electrons. The SMILES string of the molecule is Cc1ccc2nc(CSc3nc4scc(-c5ccccc5)c4c(=O)[nH]3)cc(=O)n2c1. The zero-order valence-electron chi connectivity index (χ0n) is 16.0. The Morgan fingerprint density at radius 1 is 1.10 bits per heavy atom. The van der Waals surface area contributed by atoms with E-state index in [2.05, 4.69) is 15.0 Å². The van der Waals surface area contributed by atoms with Crippen molar-refractivity contribution in [1.82, 2.24) is 19.4 Å². The topological polar surface area (TPSA) is 80.1 Å². The van der Waals surface area contributed by atoms with Crippen molar-refractivity contribution in [3.63, 3.8) is 0 Å². The van der Waals surface area contributed by atoms with Crippen LogP contribution in [0.5, 0.6) is 0 Å². The Balaban J connectivity index is 1.45. The van der Waals surface area contributed by atoms with Gasteiger partial charge in [0.25, 0.3) is 11.1 Å². The molecule has 0 spiro atoms. The summed E-state index contributed by atoms with van der Waals surface area (Å²) in [5.74, 6) is 0.435. The number of hydrogen-bond donors (Lipinski definition) is 1. The summed E-state index contributed by atoms with van der Waals surface area (Å²) < 4.78 is 1.53. The molecule has 8 heteroatoms. The second-order valence-corrected chi connectivity index (χ2v) is 8.70. The first-order valence-corrected chi connectivity index (χ1v) is 11.1. The summed E-state index contributed by atoms with van der Waals surface area (Å²) >= 11 is 2.81. The molecule has 0 fully saturated rings. The molecule has 4 heterocycles. The van der Waals surface area contributed by atoms with Gasteiger partial charge >= 0.3 is 0 Å². The third kappa shape index (κ3) is 3.44. The van der Waals surface area contributed by atoms with Gasteiger partial charge in [0, 0.05) is 29.0 Å². The number of fused-ring (bicyclic) bond motifs is 2. The first-order valence-electron chi connectivity index (χ1n) is 9.27. The third-order valence-corrected chi connectivity index (χ3v) is 6.50. The number of benzene rings is 1. The summed E-state index contributed by atoms with van der Waals surface area (Å²) in [5.41, 5.74) is 3.84. The average Bonchev–Trinajstić information content (AvgIpc) is 3.18. The van der Waals surface area contributed by atoms with Gasteiger partial charge in [0.2, 0.25) is 0 Å². The Hall–Kier alpha value is -3.23. The van der Waals surface area contributed by atoms with Crippen molar-refractivity contribution >= 4 is 39.0 Å². The van der Waals surface area contributed by atoms with Crippen LogP contribution in [0, 0.1) is 6.92 Å². The number of thioether (sulfide) groups is 1. The van der Waals surface area contributed by atoms with E-state index < -0.39 is 0 Å². The van der Waals surface area contributed by atoms with E-state index in [4.69, 9.17) is 0 Å². The molecule has 0 amide bonds. The first-order chi connectivity index (χ1) is 14.6. The number of aryl methyl sites for hydroxylation is 1. The van der Waals surface area contributed by atoms with Gasteiger partial charge in [-0.25, -0.2) is 9.97 Å². The molecular formula is C22H16N4O2S2. The second kappa shape index (κ2) is 7.55. The molecule has 0 atom stereocenters. The fourth-order valence-electron chi connectivity index (χ4n) is 3.30. The van der Waals surface area contributed by atoms with Crippen LogP contribution < -0.4 is 11.1 Å². The predicted molar refractivity (Wildman–Crippen MR) is 121 cm³/mol. The monoisotopic (exact) mass is 432 g/mol. The van der Waals surface area contributed by atoms with Crippen LogP contribution >= 0.6 is 23.1 Å². The Morgan fingerprint density at radius 2 is 1.93 bits per heavy atom. The summed E-state index contributed by atoms with van der Waals surface area (Å²) in [4.78, 5) is 37.8. The van der Waals surface area contributed by atoms with Crippen LogP contribution in [0.2, 0.25) is 0 Å². The zero-order chi connectivity index (χ0) is 20.7. The van der Waals surface area contributed by atoms with Crippen molar-refractivity contribution in [2.75, 3.05) is 0 Å². The van der Waals surface area contributed by atoms with E-state index in [-0.39, 0.29) is 11.1 Å². The molecule has 30 heavy (non-hydrogen) atoms. The van der Waals surface area contributed by atoms with Crippen LogP contribution in [-0.2, 0) is 5.75 Å². The third-order valence-electron chi connectivity index (χ3n) is 4.72. The molecule has 0 aliphatic heterocycles. The second-order valence-electron chi connectivity index (χ2n) is 6.88. The zero-order valence-corrected chi connectivity index (χ0v) is 17.6. The van der Waals surface area contributed by atoms with Gasteiger partial charge in [0.1, 0.15) is 10.5 Å². The Bertz CT molecular complexity index is 1500. The average molecular weight is 433 g/mol. The molecule has 5 rings (SSSR count). The summed E-state index contributed by atoms with van der Waals surface area (Å²) in [5, 5.41) is 3.08. The van der Waals surface area contributed by atoms with Gasteiger partial charge < -0.3 is 4.98 Å². The van der Waals surface area contributed by atoms with Gasteiger partial charge in [-0.15, -0.1) is 11.3 Å². The number of nitrogens with zero attached hydrogens (tertiary/aromatic N) is 3. The minimum atomic E-state index is -0.162. The highest BCUT2D eigenvalue weighted by Gasteiger charge is 2.13. The van der Waals surface area contributed by atoms with Crippen LogP contribution in [0.1, 0.15) is 11.3 Å². The number of aromatic amines is 1. The number of pyridine rings is 1.